The van der Waals surface area contributed by atoms with E-state index in [1.54, 1.807) is 6.92 Å². The Morgan fingerprint density at radius 1 is 1.60 bits per heavy atom. The topological polar surface area (TPSA) is 84.2 Å². The van der Waals surface area contributed by atoms with Gasteiger partial charge in [-0.25, -0.2) is 0 Å². The Bertz CT molecular complexity index is 384. The average Bonchev–Trinajstić information content (AvgIpc) is 2.60. The van der Waals surface area contributed by atoms with Crippen molar-refractivity contribution < 1.29 is 14.1 Å². The molecule has 0 saturated carbocycles. The van der Waals surface area contributed by atoms with Crippen LogP contribution in [0.5, 0.6) is 0 Å². The number of amides is 2. The third-order valence-electron chi connectivity index (χ3n) is 1.48. The SMILES string of the molecule is C=CCNC(=O)C(=O)Nc1cc(C)on1. The van der Waals surface area contributed by atoms with E-state index in [2.05, 4.69) is 22.4 Å². The predicted octanol–water partition coefficient (Wildman–Crippen LogP) is 0.224. The molecule has 0 aliphatic rings. The molecule has 2 amide bonds. The zero-order valence-electron chi connectivity index (χ0n) is 8.24. The fraction of sp³-hybridized carbons (Fsp3) is 0.222. The summed E-state index contributed by atoms with van der Waals surface area (Å²) in [4.78, 5) is 22.3. The van der Waals surface area contributed by atoms with Crippen molar-refractivity contribution in [1.29, 1.82) is 0 Å². The lowest BCUT2D eigenvalue weighted by atomic mass is 10.4. The first-order valence-corrected chi connectivity index (χ1v) is 4.27. The third-order valence-corrected chi connectivity index (χ3v) is 1.48. The van der Waals surface area contributed by atoms with Gasteiger partial charge in [-0.3, -0.25) is 14.9 Å². The van der Waals surface area contributed by atoms with Crippen molar-refractivity contribution in [1.82, 2.24) is 10.5 Å². The minimum Gasteiger partial charge on any atom is -0.360 e. The highest BCUT2D eigenvalue weighted by Crippen LogP contribution is 2.06. The molecule has 0 aliphatic carbocycles. The third kappa shape index (κ3) is 3.26. The van der Waals surface area contributed by atoms with Crippen LogP contribution in [-0.2, 0) is 9.59 Å². The number of hydrogen-bond acceptors (Lipinski definition) is 4. The van der Waals surface area contributed by atoms with Gasteiger partial charge in [0, 0.05) is 12.6 Å². The molecule has 80 valence electrons. The van der Waals surface area contributed by atoms with Gasteiger partial charge in [-0.1, -0.05) is 11.2 Å². The van der Waals surface area contributed by atoms with E-state index in [1.807, 2.05) is 0 Å². The highest BCUT2D eigenvalue weighted by Gasteiger charge is 2.13. The lowest BCUT2D eigenvalue weighted by molar-refractivity contribution is -0.136. The van der Waals surface area contributed by atoms with E-state index in [9.17, 15) is 9.59 Å². The van der Waals surface area contributed by atoms with Crippen LogP contribution in [0.15, 0.2) is 23.2 Å². The number of hydrogen-bond donors (Lipinski definition) is 2. The van der Waals surface area contributed by atoms with E-state index in [-0.39, 0.29) is 12.4 Å². The van der Waals surface area contributed by atoms with E-state index in [0.29, 0.717) is 5.76 Å². The van der Waals surface area contributed by atoms with E-state index >= 15 is 0 Å². The molecule has 0 aliphatic heterocycles. The molecule has 6 nitrogen and oxygen atoms in total. The smallest absolute Gasteiger partial charge is 0.314 e. The molecule has 0 atom stereocenters. The van der Waals surface area contributed by atoms with Crippen LogP contribution >= 0.6 is 0 Å². The lowest BCUT2D eigenvalue weighted by Gasteiger charge is -2.00. The quantitative estimate of drug-likeness (QED) is 0.551. The largest absolute Gasteiger partial charge is 0.360 e. The fourth-order valence-electron chi connectivity index (χ4n) is 0.844. The van der Waals surface area contributed by atoms with Crippen molar-refractivity contribution in [2.24, 2.45) is 0 Å². The maximum atomic E-state index is 11.2. The van der Waals surface area contributed by atoms with Crippen molar-refractivity contribution in [3.8, 4) is 0 Å². The van der Waals surface area contributed by atoms with Gasteiger partial charge in [-0.05, 0) is 6.92 Å². The van der Waals surface area contributed by atoms with E-state index < -0.39 is 11.8 Å². The summed E-state index contributed by atoms with van der Waals surface area (Å²) in [6.45, 7) is 5.33. The molecule has 0 bridgehead atoms. The summed E-state index contributed by atoms with van der Waals surface area (Å²) in [5, 5.41) is 8.12. The first-order valence-electron chi connectivity index (χ1n) is 4.27. The summed E-state index contributed by atoms with van der Waals surface area (Å²) in [6.07, 6.45) is 1.48. The number of anilines is 1. The minimum atomic E-state index is -0.787. The number of aryl methyl sites for hydroxylation is 1. The molecule has 0 fully saturated rings. The normalized spacial score (nSPS) is 9.40. The molecular formula is C9H11N3O3. The van der Waals surface area contributed by atoms with Crippen LogP contribution in [0.4, 0.5) is 5.82 Å². The van der Waals surface area contributed by atoms with Crippen LogP contribution in [0.25, 0.3) is 0 Å². The fourth-order valence-corrected chi connectivity index (χ4v) is 0.844. The molecule has 0 radical (unpaired) electrons. The van der Waals surface area contributed by atoms with Crippen molar-refractivity contribution in [2.75, 3.05) is 11.9 Å². The molecule has 2 N–H and O–H groups in total. The van der Waals surface area contributed by atoms with E-state index in [0.717, 1.165) is 0 Å². The van der Waals surface area contributed by atoms with Crippen LogP contribution in [0.2, 0.25) is 0 Å². The first-order chi connectivity index (χ1) is 7.13. The predicted molar refractivity (Wildman–Crippen MR) is 53.1 cm³/mol. The van der Waals surface area contributed by atoms with Crippen LogP contribution < -0.4 is 10.6 Å². The lowest BCUT2D eigenvalue weighted by Crippen LogP contribution is -2.35. The molecule has 0 spiro atoms. The van der Waals surface area contributed by atoms with Crippen LogP contribution in [-0.4, -0.2) is 23.5 Å². The summed E-state index contributed by atoms with van der Waals surface area (Å²) >= 11 is 0. The maximum Gasteiger partial charge on any atom is 0.314 e. The molecule has 1 rings (SSSR count). The van der Waals surface area contributed by atoms with Crippen molar-refractivity contribution in [3.05, 3.63) is 24.5 Å². The zero-order valence-corrected chi connectivity index (χ0v) is 8.24. The maximum absolute atomic E-state index is 11.2. The molecule has 1 heterocycles. The Morgan fingerprint density at radius 2 is 2.33 bits per heavy atom. The second kappa shape index (κ2) is 4.94. The van der Waals surface area contributed by atoms with Gasteiger partial charge < -0.3 is 9.84 Å². The highest BCUT2D eigenvalue weighted by molar-refractivity contribution is 6.39. The van der Waals surface area contributed by atoms with Crippen LogP contribution in [0, 0.1) is 6.92 Å². The Hall–Kier alpha value is -2.11. The summed E-state index contributed by atoms with van der Waals surface area (Å²) in [5.41, 5.74) is 0. The minimum absolute atomic E-state index is 0.214. The van der Waals surface area contributed by atoms with Gasteiger partial charge in [-0.15, -0.1) is 6.58 Å². The standard InChI is InChI=1S/C9H11N3O3/c1-3-4-10-8(13)9(14)11-7-5-6(2)15-12-7/h3,5H,1,4H2,2H3,(H,10,13)(H,11,12,14). The molecule has 15 heavy (non-hydrogen) atoms. The molecule has 1 aromatic rings. The van der Waals surface area contributed by atoms with Crippen LogP contribution in [0.1, 0.15) is 5.76 Å². The Labute approximate surface area is 86.3 Å². The zero-order chi connectivity index (χ0) is 11.3. The summed E-state index contributed by atoms with van der Waals surface area (Å²) in [5.74, 6) is -0.760. The Balaban J connectivity index is 2.48. The first kappa shape index (κ1) is 11.0. The van der Waals surface area contributed by atoms with Gasteiger partial charge in [0.05, 0.1) is 0 Å². The molecule has 0 saturated heterocycles. The van der Waals surface area contributed by atoms with E-state index in [1.165, 1.54) is 12.1 Å². The molecule has 0 unspecified atom stereocenters. The van der Waals surface area contributed by atoms with Gasteiger partial charge in [0.25, 0.3) is 0 Å². The molecule has 1 aromatic heterocycles. The monoisotopic (exact) mass is 209 g/mol. The number of rotatable bonds is 3. The number of nitrogens with one attached hydrogen (secondary N) is 2. The number of carbonyl (C=O) groups is 2. The molecule has 6 heteroatoms. The second-order valence-electron chi connectivity index (χ2n) is 2.78. The van der Waals surface area contributed by atoms with E-state index in [4.69, 9.17) is 4.52 Å². The van der Waals surface area contributed by atoms with Gasteiger partial charge in [0.2, 0.25) is 0 Å². The highest BCUT2D eigenvalue weighted by atomic mass is 16.5. The van der Waals surface area contributed by atoms with Gasteiger partial charge in [-0.2, -0.15) is 0 Å². The van der Waals surface area contributed by atoms with Crippen molar-refractivity contribution in [3.63, 3.8) is 0 Å². The van der Waals surface area contributed by atoms with Gasteiger partial charge >= 0.3 is 11.8 Å². The average molecular weight is 209 g/mol. The van der Waals surface area contributed by atoms with Gasteiger partial charge in [0.15, 0.2) is 5.82 Å². The number of nitrogens with zero attached hydrogens (tertiary/aromatic N) is 1. The Kier molecular flexibility index (Phi) is 3.61. The summed E-state index contributed by atoms with van der Waals surface area (Å²) < 4.78 is 4.71. The Morgan fingerprint density at radius 3 is 2.87 bits per heavy atom. The van der Waals surface area contributed by atoms with Crippen LogP contribution in [0.3, 0.4) is 0 Å². The number of carbonyl (C=O) groups excluding carboxylic acids is 2. The summed E-state index contributed by atoms with van der Waals surface area (Å²) in [7, 11) is 0. The van der Waals surface area contributed by atoms with Crippen molar-refractivity contribution in [2.45, 2.75) is 6.92 Å². The molecule has 0 aromatic carbocycles. The molecular weight excluding hydrogens is 198 g/mol. The van der Waals surface area contributed by atoms with Crippen molar-refractivity contribution >= 4 is 17.6 Å². The summed E-state index contributed by atoms with van der Waals surface area (Å²) in [6, 6.07) is 1.51. The second-order valence-corrected chi connectivity index (χ2v) is 2.78. The number of aromatic nitrogens is 1. The van der Waals surface area contributed by atoms with Gasteiger partial charge in [0.1, 0.15) is 5.76 Å².